The highest BCUT2D eigenvalue weighted by Crippen LogP contribution is 2.44. The monoisotopic (exact) mass is 514 g/mol. The van der Waals surface area contributed by atoms with Crippen LogP contribution < -0.4 is 15.7 Å². The van der Waals surface area contributed by atoms with Crippen molar-refractivity contribution in [2.75, 3.05) is 6.54 Å². The topological polar surface area (TPSA) is 69.1 Å². The Morgan fingerprint density at radius 2 is 1.76 bits per heavy atom. The van der Waals surface area contributed by atoms with Crippen LogP contribution in [0.25, 0.3) is 11.1 Å². The molecule has 0 amide bonds. The molecule has 2 aliphatic carbocycles. The second-order valence-corrected chi connectivity index (χ2v) is 11.5. The van der Waals surface area contributed by atoms with E-state index in [2.05, 4.69) is 54.2 Å². The van der Waals surface area contributed by atoms with E-state index < -0.39 is 5.60 Å². The van der Waals surface area contributed by atoms with E-state index in [1.165, 1.54) is 18.4 Å². The zero-order valence-corrected chi connectivity index (χ0v) is 22.4. The van der Waals surface area contributed by atoms with Crippen molar-refractivity contribution in [1.29, 1.82) is 0 Å². The average molecular weight is 515 g/mol. The average Bonchev–Trinajstić information content (AvgIpc) is 3.46. The Kier molecular flexibility index (Phi) is 6.16. The van der Waals surface area contributed by atoms with Gasteiger partial charge in [-0.3, -0.25) is 5.43 Å². The van der Waals surface area contributed by atoms with Gasteiger partial charge in [0.05, 0.1) is 12.1 Å². The van der Waals surface area contributed by atoms with Crippen molar-refractivity contribution >= 4 is 5.84 Å². The zero-order chi connectivity index (χ0) is 26.6. The van der Waals surface area contributed by atoms with E-state index in [0.29, 0.717) is 23.9 Å². The molecule has 7 heteroatoms. The number of hydrazine groups is 2. The standard InChI is InChI=1S/C31H35FN4O2/c1-18-15-22(30-33-35-36(34-30)17-31(3,4)37)16-19(2)28(18)24-11-13-26(32)29-25(24)12-14-27(29)38-23-9-7-21(8-10-23)20-5-6-20/h7-11,13,15-16,20,27,35,37H,5-6,12,14,17H2,1-4H3,(H,33,34). The van der Waals surface area contributed by atoms with E-state index in [4.69, 9.17) is 4.74 Å². The summed E-state index contributed by atoms with van der Waals surface area (Å²) < 4.78 is 21.5. The normalized spacial score (nSPS) is 19.1. The summed E-state index contributed by atoms with van der Waals surface area (Å²) in [6.07, 6.45) is 3.78. The molecule has 1 atom stereocenters. The smallest absolute Gasteiger partial charge is 0.170 e. The molecule has 0 radical (unpaired) electrons. The molecule has 198 valence electrons. The lowest BCUT2D eigenvalue weighted by atomic mass is 9.89. The number of β-amino-alcohol motifs (C(OH)–C–C–N with tert-alkyl or cyclic N) is 1. The highest BCUT2D eigenvalue weighted by Gasteiger charge is 2.31. The summed E-state index contributed by atoms with van der Waals surface area (Å²) in [6.45, 7) is 8.04. The van der Waals surface area contributed by atoms with Crippen molar-refractivity contribution < 1.29 is 14.2 Å². The maximum absolute atomic E-state index is 15.2. The summed E-state index contributed by atoms with van der Waals surface area (Å²) in [4.78, 5) is 0. The Labute approximate surface area is 223 Å². The number of fused-ring (bicyclic) bond motifs is 1. The van der Waals surface area contributed by atoms with Crippen LogP contribution in [0.5, 0.6) is 5.75 Å². The Balaban J connectivity index is 1.26. The van der Waals surface area contributed by atoms with Gasteiger partial charge in [0, 0.05) is 11.1 Å². The fraction of sp³-hybridized carbons (Fsp3) is 0.387. The zero-order valence-electron chi connectivity index (χ0n) is 22.4. The number of hydrogen-bond donors (Lipinski definition) is 3. The minimum absolute atomic E-state index is 0.199. The van der Waals surface area contributed by atoms with Gasteiger partial charge in [0.25, 0.3) is 0 Å². The van der Waals surface area contributed by atoms with Gasteiger partial charge in [-0.25, -0.2) is 9.93 Å². The predicted molar refractivity (Wildman–Crippen MR) is 147 cm³/mol. The summed E-state index contributed by atoms with van der Waals surface area (Å²) in [5.41, 5.74) is 13.7. The van der Waals surface area contributed by atoms with E-state index in [0.717, 1.165) is 52.0 Å². The second-order valence-electron chi connectivity index (χ2n) is 11.5. The SMILES string of the molecule is Cc1cc(C2=NNN(CC(C)(C)O)N2)cc(C)c1-c1ccc(F)c2c1CCC2Oc1ccc(C2CC2)cc1. The molecule has 3 aromatic carbocycles. The van der Waals surface area contributed by atoms with E-state index in [1.807, 2.05) is 18.2 Å². The van der Waals surface area contributed by atoms with Gasteiger partial charge in [-0.1, -0.05) is 18.2 Å². The van der Waals surface area contributed by atoms with Crippen LogP contribution >= 0.6 is 0 Å². The Bertz CT molecular complexity index is 1380. The van der Waals surface area contributed by atoms with E-state index >= 15 is 4.39 Å². The minimum atomic E-state index is -0.870. The Morgan fingerprint density at radius 3 is 2.42 bits per heavy atom. The molecule has 3 N–H and O–H groups in total. The van der Waals surface area contributed by atoms with Crippen LogP contribution in [0.2, 0.25) is 0 Å². The molecule has 1 fully saturated rings. The maximum Gasteiger partial charge on any atom is 0.170 e. The van der Waals surface area contributed by atoms with Crippen LogP contribution in [-0.2, 0) is 6.42 Å². The van der Waals surface area contributed by atoms with Crippen LogP contribution in [0.4, 0.5) is 4.39 Å². The molecule has 0 bridgehead atoms. The molecular formula is C31H35FN4O2. The molecule has 38 heavy (non-hydrogen) atoms. The molecule has 3 aromatic rings. The summed E-state index contributed by atoms with van der Waals surface area (Å²) in [6, 6.07) is 16.0. The molecule has 0 aromatic heterocycles. The number of hydrogen-bond acceptors (Lipinski definition) is 6. The fourth-order valence-corrected chi connectivity index (χ4v) is 5.83. The highest BCUT2D eigenvalue weighted by molar-refractivity contribution is 6.00. The molecule has 1 aliphatic heterocycles. The van der Waals surface area contributed by atoms with Gasteiger partial charge < -0.3 is 9.84 Å². The van der Waals surface area contributed by atoms with Gasteiger partial charge in [-0.2, -0.15) is 0 Å². The van der Waals surface area contributed by atoms with Crippen LogP contribution in [0, 0.1) is 19.7 Å². The lowest BCUT2D eigenvalue weighted by molar-refractivity contribution is 0.0114. The first-order chi connectivity index (χ1) is 18.2. The number of nitrogens with one attached hydrogen (secondary N) is 2. The summed E-state index contributed by atoms with van der Waals surface area (Å²) in [5.74, 6) is 1.99. The van der Waals surface area contributed by atoms with Crippen molar-refractivity contribution in [2.24, 2.45) is 5.10 Å². The minimum Gasteiger partial charge on any atom is -0.486 e. The number of rotatable bonds is 7. The summed E-state index contributed by atoms with van der Waals surface area (Å²) >= 11 is 0. The largest absolute Gasteiger partial charge is 0.486 e. The second kappa shape index (κ2) is 9.40. The van der Waals surface area contributed by atoms with Gasteiger partial charge in [0.2, 0.25) is 0 Å². The first kappa shape index (κ1) is 24.9. The molecule has 0 saturated heterocycles. The van der Waals surface area contributed by atoms with Crippen molar-refractivity contribution in [2.45, 2.75) is 71.0 Å². The Morgan fingerprint density at radius 1 is 1.05 bits per heavy atom. The quantitative estimate of drug-likeness (QED) is 0.371. The van der Waals surface area contributed by atoms with Crippen molar-refractivity contribution in [1.82, 2.24) is 16.1 Å². The highest BCUT2D eigenvalue weighted by atomic mass is 19.1. The van der Waals surface area contributed by atoms with Crippen LogP contribution in [0.1, 0.15) is 78.5 Å². The molecule has 1 unspecified atom stereocenters. The number of halogens is 1. The lowest BCUT2D eigenvalue weighted by Crippen LogP contribution is -2.49. The van der Waals surface area contributed by atoms with Gasteiger partial charge in [0.1, 0.15) is 17.7 Å². The van der Waals surface area contributed by atoms with E-state index in [-0.39, 0.29) is 11.9 Å². The van der Waals surface area contributed by atoms with Crippen LogP contribution in [0.15, 0.2) is 53.6 Å². The lowest BCUT2D eigenvalue weighted by Gasteiger charge is -2.24. The van der Waals surface area contributed by atoms with Crippen molar-refractivity contribution in [3.05, 3.63) is 87.7 Å². The van der Waals surface area contributed by atoms with Gasteiger partial charge >= 0.3 is 0 Å². The number of aryl methyl sites for hydroxylation is 2. The van der Waals surface area contributed by atoms with Gasteiger partial charge in [-0.05, 0) is 123 Å². The molecule has 6 rings (SSSR count). The fourth-order valence-electron chi connectivity index (χ4n) is 5.83. The maximum atomic E-state index is 15.2. The van der Waals surface area contributed by atoms with Crippen molar-refractivity contribution in [3.8, 4) is 16.9 Å². The van der Waals surface area contributed by atoms with Gasteiger partial charge in [0.15, 0.2) is 5.84 Å². The predicted octanol–water partition coefficient (Wildman–Crippen LogP) is 5.81. The first-order valence-electron chi connectivity index (χ1n) is 13.5. The first-order valence-corrected chi connectivity index (χ1v) is 13.5. The molecule has 6 nitrogen and oxygen atoms in total. The Hall–Kier alpha value is -3.42. The third kappa shape index (κ3) is 4.88. The number of amidine groups is 1. The molecule has 1 saturated carbocycles. The van der Waals surface area contributed by atoms with Gasteiger partial charge in [-0.15, -0.1) is 10.2 Å². The number of nitrogens with zero attached hydrogens (tertiary/aromatic N) is 2. The van der Waals surface area contributed by atoms with E-state index in [9.17, 15) is 5.11 Å². The molecule has 0 spiro atoms. The summed E-state index contributed by atoms with van der Waals surface area (Å²) in [7, 11) is 0. The molecule has 3 aliphatic rings. The van der Waals surface area contributed by atoms with Crippen molar-refractivity contribution in [3.63, 3.8) is 0 Å². The van der Waals surface area contributed by atoms with Crippen LogP contribution in [0.3, 0.4) is 0 Å². The number of aliphatic hydroxyl groups is 1. The summed E-state index contributed by atoms with van der Waals surface area (Å²) in [5, 5.41) is 16.2. The number of ether oxygens (including phenoxy) is 1. The molecule has 1 heterocycles. The third-order valence-electron chi connectivity index (χ3n) is 7.63. The number of hydrazone groups is 1. The van der Waals surface area contributed by atoms with E-state index in [1.54, 1.807) is 25.0 Å². The van der Waals surface area contributed by atoms with Crippen LogP contribution in [-0.4, -0.2) is 28.2 Å². The third-order valence-corrected chi connectivity index (χ3v) is 7.63. The number of benzene rings is 3. The molecular weight excluding hydrogens is 479 g/mol.